The number of hydrogen-bond acceptors (Lipinski definition) is 4. The molecule has 1 saturated heterocycles. The van der Waals surface area contributed by atoms with Gasteiger partial charge in [0, 0.05) is 55.2 Å². The highest BCUT2D eigenvalue weighted by Crippen LogP contribution is 2.22. The third kappa shape index (κ3) is 5.14. The number of nitrogens with one attached hydrogen (secondary N) is 1. The molecule has 2 aliphatic heterocycles. The van der Waals surface area contributed by atoms with Crippen LogP contribution in [0.3, 0.4) is 0 Å². The average molecular weight is 448 g/mol. The smallest absolute Gasteiger partial charge is 0.253 e. The number of amides is 1. The fourth-order valence-electron chi connectivity index (χ4n) is 4.89. The first-order valence-electron chi connectivity index (χ1n) is 11.9. The van der Waals surface area contributed by atoms with E-state index in [1.807, 2.05) is 0 Å². The highest BCUT2D eigenvalue weighted by atomic mass is 19.1. The Kier molecular flexibility index (Phi) is 6.48. The van der Waals surface area contributed by atoms with E-state index in [1.54, 1.807) is 30.5 Å². The summed E-state index contributed by atoms with van der Waals surface area (Å²) in [6.45, 7) is 3.92. The van der Waals surface area contributed by atoms with Gasteiger partial charge in [-0.05, 0) is 56.4 Å². The molecule has 0 spiro atoms. The summed E-state index contributed by atoms with van der Waals surface area (Å²) in [5, 5.41) is 7.77. The standard InChI is InChI=1S/C26H30FN5O/c27-22-6-4-5-19(15-22)24-9-8-20(16-28-24)26(33)30-23-10-13-31(14-11-23)18-21-17-29-32-12-3-1-2-7-25(21)32/h4-6,8-9,15-17,23H,1-3,7,10-14,18H2,(H,30,33). The quantitative estimate of drug-likeness (QED) is 0.637. The van der Waals surface area contributed by atoms with E-state index in [0.29, 0.717) is 16.8 Å². The van der Waals surface area contributed by atoms with Gasteiger partial charge < -0.3 is 5.32 Å². The summed E-state index contributed by atoms with van der Waals surface area (Å²) in [6, 6.07) is 9.99. The summed E-state index contributed by atoms with van der Waals surface area (Å²) < 4.78 is 15.6. The molecule has 0 unspecified atom stereocenters. The van der Waals surface area contributed by atoms with Crippen LogP contribution in [0.5, 0.6) is 0 Å². The molecule has 7 heteroatoms. The largest absolute Gasteiger partial charge is 0.349 e. The van der Waals surface area contributed by atoms with Crippen LogP contribution in [0.2, 0.25) is 0 Å². The van der Waals surface area contributed by atoms with E-state index < -0.39 is 0 Å². The van der Waals surface area contributed by atoms with Crippen molar-refractivity contribution in [3.05, 3.63) is 71.4 Å². The van der Waals surface area contributed by atoms with Gasteiger partial charge in [-0.25, -0.2) is 4.39 Å². The zero-order valence-corrected chi connectivity index (χ0v) is 18.8. The van der Waals surface area contributed by atoms with Gasteiger partial charge >= 0.3 is 0 Å². The van der Waals surface area contributed by atoms with Gasteiger partial charge in [-0.2, -0.15) is 5.10 Å². The number of aromatic nitrogens is 3. The van der Waals surface area contributed by atoms with Crippen LogP contribution in [-0.4, -0.2) is 44.7 Å². The Morgan fingerprint density at radius 3 is 2.73 bits per heavy atom. The van der Waals surface area contributed by atoms with Gasteiger partial charge in [-0.15, -0.1) is 0 Å². The second-order valence-corrected chi connectivity index (χ2v) is 9.12. The minimum absolute atomic E-state index is 0.103. The van der Waals surface area contributed by atoms with Crippen LogP contribution in [0.1, 0.15) is 53.7 Å². The topological polar surface area (TPSA) is 63.1 Å². The molecule has 4 heterocycles. The monoisotopic (exact) mass is 447 g/mol. The van der Waals surface area contributed by atoms with Crippen molar-refractivity contribution in [3.63, 3.8) is 0 Å². The summed E-state index contributed by atoms with van der Waals surface area (Å²) in [6.07, 6.45) is 10.4. The Hall–Kier alpha value is -3.06. The Morgan fingerprint density at radius 1 is 1.06 bits per heavy atom. The Balaban J connectivity index is 1.13. The Labute approximate surface area is 193 Å². The maximum atomic E-state index is 13.4. The van der Waals surface area contributed by atoms with Crippen molar-refractivity contribution in [3.8, 4) is 11.3 Å². The van der Waals surface area contributed by atoms with Crippen molar-refractivity contribution >= 4 is 5.91 Å². The number of piperidine rings is 1. The number of likely N-dealkylation sites (tertiary alicyclic amines) is 1. The van der Waals surface area contributed by atoms with Crippen LogP contribution in [0, 0.1) is 5.82 Å². The second-order valence-electron chi connectivity index (χ2n) is 9.12. The normalized spacial score (nSPS) is 17.4. The first kappa shape index (κ1) is 21.8. The van der Waals surface area contributed by atoms with Crippen molar-refractivity contribution < 1.29 is 9.18 Å². The fourth-order valence-corrected chi connectivity index (χ4v) is 4.89. The van der Waals surface area contributed by atoms with E-state index in [2.05, 4.69) is 31.2 Å². The highest BCUT2D eigenvalue weighted by molar-refractivity contribution is 5.94. The molecule has 1 aromatic carbocycles. The number of benzene rings is 1. The third-order valence-corrected chi connectivity index (χ3v) is 6.78. The number of halogens is 1. The van der Waals surface area contributed by atoms with E-state index in [0.717, 1.165) is 45.4 Å². The van der Waals surface area contributed by atoms with Crippen LogP contribution >= 0.6 is 0 Å². The zero-order chi connectivity index (χ0) is 22.6. The predicted molar refractivity (Wildman–Crippen MR) is 125 cm³/mol. The maximum absolute atomic E-state index is 13.4. The summed E-state index contributed by atoms with van der Waals surface area (Å²) in [5.41, 5.74) is 4.66. The number of pyridine rings is 1. The van der Waals surface area contributed by atoms with Crippen molar-refractivity contribution in [2.75, 3.05) is 13.1 Å². The fraction of sp³-hybridized carbons (Fsp3) is 0.423. The van der Waals surface area contributed by atoms with Crippen LogP contribution < -0.4 is 5.32 Å². The van der Waals surface area contributed by atoms with Gasteiger partial charge in [-0.1, -0.05) is 18.6 Å². The molecular weight excluding hydrogens is 417 g/mol. The molecule has 172 valence electrons. The number of nitrogens with zero attached hydrogens (tertiary/aromatic N) is 4. The van der Waals surface area contributed by atoms with Crippen LogP contribution in [0.15, 0.2) is 48.8 Å². The lowest BCUT2D eigenvalue weighted by Crippen LogP contribution is -2.44. The summed E-state index contributed by atoms with van der Waals surface area (Å²) in [7, 11) is 0. The molecule has 1 N–H and O–H groups in total. The lowest BCUT2D eigenvalue weighted by Gasteiger charge is -2.32. The average Bonchev–Trinajstić information content (AvgIpc) is 3.05. The van der Waals surface area contributed by atoms with Gasteiger partial charge in [0.05, 0.1) is 17.5 Å². The van der Waals surface area contributed by atoms with E-state index in [1.165, 1.54) is 42.7 Å². The third-order valence-electron chi connectivity index (χ3n) is 6.78. The first-order chi connectivity index (χ1) is 16.2. The number of aryl methyl sites for hydroxylation is 1. The van der Waals surface area contributed by atoms with Crippen molar-refractivity contribution in [1.82, 2.24) is 25.0 Å². The molecule has 0 saturated carbocycles. The van der Waals surface area contributed by atoms with Crippen LogP contribution in [0.4, 0.5) is 4.39 Å². The zero-order valence-electron chi connectivity index (χ0n) is 18.8. The molecule has 33 heavy (non-hydrogen) atoms. The molecule has 0 atom stereocenters. The van der Waals surface area contributed by atoms with Crippen molar-refractivity contribution in [1.29, 1.82) is 0 Å². The summed E-state index contributed by atoms with van der Waals surface area (Å²) in [4.78, 5) is 19.5. The van der Waals surface area contributed by atoms with Crippen molar-refractivity contribution in [2.45, 2.75) is 57.7 Å². The maximum Gasteiger partial charge on any atom is 0.253 e. The van der Waals surface area contributed by atoms with E-state index in [-0.39, 0.29) is 17.8 Å². The van der Waals surface area contributed by atoms with Gasteiger partial charge in [0.2, 0.25) is 0 Å². The van der Waals surface area contributed by atoms with Gasteiger partial charge in [0.1, 0.15) is 5.82 Å². The molecule has 0 radical (unpaired) electrons. The SMILES string of the molecule is O=C(NC1CCN(Cc2cnn3c2CCCCC3)CC1)c1ccc(-c2cccc(F)c2)nc1. The molecule has 6 nitrogen and oxygen atoms in total. The number of carbonyl (C=O) groups excluding carboxylic acids is 1. The molecule has 2 aromatic heterocycles. The van der Waals surface area contributed by atoms with Crippen molar-refractivity contribution in [2.24, 2.45) is 0 Å². The first-order valence-corrected chi connectivity index (χ1v) is 11.9. The van der Waals surface area contributed by atoms with E-state index in [4.69, 9.17) is 0 Å². The van der Waals surface area contributed by atoms with E-state index in [9.17, 15) is 9.18 Å². The number of fused-ring (bicyclic) bond motifs is 1. The minimum atomic E-state index is -0.300. The Bertz CT molecular complexity index is 1100. The van der Waals surface area contributed by atoms with Crippen LogP contribution in [-0.2, 0) is 19.5 Å². The number of rotatable bonds is 5. The predicted octanol–water partition coefficient (Wildman–Crippen LogP) is 4.21. The van der Waals surface area contributed by atoms with Gasteiger partial charge in [0.15, 0.2) is 0 Å². The molecule has 3 aromatic rings. The summed E-state index contributed by atoms with van der Waals surface area (Å²) in [5.74, 6) is -0.403. The lowest BCUT2D eigenvalue weighted by molar-refractivity contribution is 0.0908. The molecule has 1 fully saturated rings. The molecule has 5 rings (SSSR count). The number of hydrogen-bond donors (Lipinski definition) is 1. The Morgan fingerprint density at radius 2 is 1.94 bits per heavy atom. The number of carbonyl (C=O) groups is 1. The highest BCUT2D eigenvalue weighted by Gasteiger charge is 2.23. The molecule has 0 aliphatic carbocycles. The molecular formula is C26H30FN5O. The molecule has 2 aliphatic rings. The second kappa shape index (κ2) is 9.83. The lowest BCUT2D eigenvalue weighted by atomic mass is 10.0. The minimum Gasteiger partial charge on any atom is -0.349 e. The summed E-state index contributed by atoms with van der Waals surface area (Å²) >= 11 is 0. The van der Waals surface area contributed by atoms with Gasteiger partial charge in [-0.3, -0.25) is 19.4 Å². The van der Waals surface area contributed by atoms with E-state index >= 15 is 0 Å². The van der Waals surface area contributed by atoms with Gasteiger partial charge in [0.25, 0.3) is 5.91 Å². The molecule has 0 bridgehead atoms. The van der Waals surface area contributed by atoms with Crippen LogP contribution in [0.25, 0.3) is 11.3 Å². The molecule has 1 amide bonds.